The van der Waals surface area contributed by atoms with Crippen LogP contribution in [0.5, 0.6) is 5.75 Å². The van der Waals surface area contributed by atoms with Gasteiger partial charge in [0.05, 0.1) is 19.2 Å². The summed E-state index contributed by atoms with van der Waals surface area (Å²) < 4.78 is 4.04. The van der Waals surface area contributed by atoms with Gasteiger partial charge in [-0.15, -0.1) is 0 Å². The van der Waals surface area contributed by atoms with Crippen LogP contribution >= 0.6 is 0 Å². The Morgan fingerprint density at radius 2 is 2.14 bits per heavy atom. The minimum absolute atomic E-state index is 0.0379. The van der Waals surface area contributed by atoms with Crippen LogP contribution in [0, 0.1) is 0 Å². The zero-order valence-corrected chi connectivity index (χ0v) is 12.7. The first-order valence-electron chi connectivity index (χ1n) is 6.89. The Balaban J connectivity index is 2.21. The van der Waals surface area contributed by atoms with Gasteiger partial charge in [0.25, 0.3) is 0 Å². The molecule has 0 spiro atoms. The predicted molar refractivity (Wildman–Crippen MR) is 81.6 cm³/mol. The van der Waals surface area contributed by atoms with Crippen LogP contribution in [0.1, 0.15) is 25.0 Å². The van der Waals surface area contributed by atoms with E-state index in [0.717, 1.165) is 12.1 Å². The van der Waals surface area contributed by atoms with Gasteiger partial charge in [-0.1, -0.05) is 6.07 Å². The van der Waals surface area contributed by atoms with E-state index in [4.69, 9.17) is 0 Å². The lowest BCUT2D eigenvalue weighted by Crippen LogP contribution is -2.23. The van der Waals surface area contributed by atoms with Crippen LogP contribution in [-0.2, 0) is 13.6 Å². The van der Waals surface area contributed by atoms with Gasteiger partial charge >= 0.3 is 0 Å². The predicted octanol–water partition coefficient (Wildman–Crippen LogP) is 1.26. The number of aromatic nitrogens is 2. The van der Waals surface area contributed by atoms with Crippen LogP contribution in [0.15, 0.2) is 41.9 Å². The van der Waals surface area contributed by atoms with Gasteiger partial charge in [-0.05, 0) is 31.5 Å². The van der Waals surface area contributed by atoms with E-state index >= 15 is 0 Å². The SMILES string of the molecule is C[n+]1ccn(Cc2ccc(O)c(C=NC(C)(C)CO)c2)c1. The topological polar surface area (TPSA) is 61.6 Å². The first-order chi connectivity index (χ1) is 9.89. The van der Waals surface area contributed by atoms with Crippen LogP contribution in [0.3, 0.4) is 0 Å². The number of hydrogen-bond donors (Lipinski definition) is 2. The fourth-order valence-corrected chi connectivity index (χ4v) is 1.90. The summed E-state index contributed by atoms with van der Waals surface area (Å²) in [6.45, 7) is 4.36. The first-order valence-corrected chi connectivity index (χ1v) is 6.89. The molecule has 1 aromatic carbocycles. The van der Waals surface area contributed by atoms with Crippen molar-refractivity contribution >= 4 is 6.21 Å². The molecule has 0 atom stereocenters. The Labute approximate surface area is 124 Å². The summed E-state index contributed by atoms with van der Waals surface area (Å²) in [6.07, 6.45) is 7.59. The molecule has 0 aliphatic heterocycles. The van der Waals surface area contributed by atoms with E-state index < -0.39 is 5.54 Å². The van der Waals surface area contributed by atoms with E-state index in [1.807, 2.05) is 56.3 Å². The quantitative estimate of drug-likeness (QED) is 0.642. The van der Waals surface area contributed by atoms with Gasteiger partial charge in [0.2, 0.25) is 6.33 Å². The fourth-order valence-electron chi connectivity index (χ4n) is 1.90. The number of aliphatic hydroxyl groups excluding tert-OH is 1. The fraction of sp³-hybridized carbons (Fsp3) is 0.375. The van der Waals surface area contributed by atoms with Gasteiger partial charge < -0.3 is 10.2 Å². The number of aliphatic hydroxyl groups is 1. The number of rotatable bonds is 5. The molecule has 2 rings (SSSR count). The number of hydrogen-bond acceptors (Lipinski definition) is 3. The van der Waals surface area contributed by atoms with Crippen LogP contribution in [-0.4, -0.2) is 33.1 Å². The maximum absolute atomic E-state index is 9.91. The Bertz CT molecular complexity index is 645. The van der Waals surface area contributed by atoms with Gasteiger partial charge in [0.15, 0.2) is 0 Å². The average Bonchev–Trinajstić information content (AvgIpc) is 2.85. The molecule has 0 aliphatic rings. The summed E-state index contributed by atoms with van der Waals surface area (Å²) in [5.41, 5.74) is 1.19. The van der Waals surface area contributed by atoms with Crippen molar-refractivity contribution in [2.45, 2.75) is 25.9 Å². The van der Waals surface area contributed by atoms with Crippen molar-refractivity contribution in [3.63, 3.8) is 0 Å². The van der Waals surface area contributed by atoms with E-state index in [0.29, 0.717) is 5.56 Å². The molecule has 5 heteroatoms. The van der Waals surface area contributed by atoms with Gasteiger partial charge in [-0.25, -0.2) is 9.13 Å². The molecule has 0 amide bonds. The summed E-state index contributed by atoms with van der Waals surface area (Å²) in [4.78, 5) is 4.31. The van der Waals surface area contributed by atoms with Crippen molar-refractivity contribution in [3.8, 4) is 5.75 Å². The maximum Gasteiger partial charge on any atom is 0.243 e. The average molecular weight is 288 g/mol. The summed E-state index contributed by atoms with van der Waals surface area (Å²) in [7, 11) is 1.97. The Morgan fingerprint density at radius 3 is 2.76 bits per heavy atom. The molecule has 0 unspecified atom stereocenters. The molecular formula is C16H22N3O2+. The van der Waals surface area contributed by atoms with Crippen molar-refractivity contribution in [2.24, 2.45) is 12.0 Å². The first kappa shape index (κ1) is 15.3. The van der Waals surface area contributed by atoms with Crippen molar-refractivity contribution in [2.75, 3.05) is 6.61 Å². The summed E-state index contributed by atoms with van der Waals surface area (Å²) >= 11 is 0. The molecule has 21 heavy (non-hydrogen) atoms. The normalized spacial score (nSPS) is 12.2. The lowest BCUT2D eigenvalue weighted by Gasteiger charge is -2.15. The van der Waals surface area contributed by atoms with Crippen LogP contribution in [0.25, 0.3) is 0 Å². The monoisotopic (exact) mass is 288 g/mol. The summed E-state index contributed by atoms with van der Waals surface area (Å²) in [5, 5.41) is 19.1. The molecular weight excluding hydrogens is 266 g/mol. The van der Waals surface area contributed by atoms with E-state index in [1.165, 1.54) is 0 Å². The summed E-state index contributed by atoms with van der Waals surface area (Å²) in [5.74, 6) is 0.189. The van der Waals surface area contributed by atoms with E-state index in [1.54, 1.807) is 12.3 Å². The second-order valence-electron chi connectivity index (χ2n) is 5.87. The Morgan fingerprint density at radius 1 is 1.38 bits per heavy atom. The minimum atomic E-state index is -0.545. The number of aryl methyl sites for hydroxylation is 1. The zero-order valence-electron chi connectivity index (χ0n) is 12.7. The molecule has 0 saturated heterocycles. The molecule has 0 aliphatic carbocycles. The summed E-state index contributed by atoms with van der Waals surface area (Å²) in [6, 6.07) is 5.47. The largest absolute Gasteiger partial charge is 0.507 e. The van der Waals surface area contributed by atoms with Crippen molar-refractivity contribution < 1.29 is 14.8 Å². The zero-order chi connectivity index (χ0) is 15.5. The van der Waals surface area contributed by atoms with Crippen molar-refractivity contribution in [3.05, 3.63) is 48.0 Å². The van der Waals surface area contributed by atoms with E-state index in [9.17, 15) is 10.2 Å². The number of aromatic hydroxyl groups is 1. The third kappa shape index (κ3) is 4.16. The lowest BCUT2D eigenvalue weighted by molar-refractivity contribution is -0.671. The number of benzene rings is 1. The molecule has 5 nitrogen and oxygen atoms in total. The molecule has 0 radical (unpaired) electrons. The molecule has 1 aromatic heterocycles. The molecule has 0 bridgehead atoms. The third-order valence-electron chi connectivity index (χ3n) is 3.22. The highest BCUT2D eigenvalue weighted by molar-refractivity contribution is 5.83. The van der Waals surface area contributed by atoms with E-state index in [-0.39, 0.29) is 12.4 Å². The van der Waals surface area contributed by atoms with Crippen molar-refractivity contribution in [1.29, 1.82) is 0 Å². The van der Waals surface area contributed by atoms with Gasteiger partial charge in [-0.2, -0.15) is 0 Å². The van der Waals surface area contributed by atoms with Crippen LogP contribution in [0.2, 0.25) is 0 Å². The number of nitrogens with zero attached hydrogens (tertiary/aromatic N) is 3. The molecule has 0 fully saturated rings. The lowest BCUT2D eigenvalue weighted by atomic mass is 10.1. The standard InChI is InChI=1S/C16H21N3O2/c1-16(2,11-20)17-9-14-8-13(4-5-15(14)21)10-19-7-6-18(3)12-19/h4-9,12,20H,10-11H2,1-3H3/p+1. The molecule has 1 heterocycles. The van der Waals surface area contributed by atoms with Gasteiger partial charge in [-0.3, -0.25) is 4.99 Å². The molecule has 0 saturated carbocycles. The Hall–Kier alpha value is -2.14. The van der Waals surface area contributed by atoms with E-state index in [2.05, 4.69) is 9.56 Å². The molecule has 112 valence electrons. The highest BCUT2D eigenvalue weighted by Gasteiger charge is 2.13. The highest BCUT2D eigenvalue weighted by Crippen LogP contribution is 2.18. The van der Waals surface area contributed by atoms with Crippen molar-refractivity contribution in [1.82, 2.24) is 4.57 Å². The van der Waals surface area contributed by atoms with Gasteiger partial charge in [0, 0.05) is 11.8 Å². The third-order valence-corrected chi connectivity index (χ3v) is 3.22. The number of phenolic OH excluding ortho intramolecular Hbond substituents is 1. The van der Waals surface area contributed by atoms with Gasteiger partial charge in [0.1, 0.15) is 24.7 Å². The molecule has 2 N–H and O–H groups in total. The van der Waals surface area contributed by atoms with Crippen LogP contribution < -0.4 is 4.57 Å². The number of phenols is 1. The smallest absolute Gasteiger partial charge is 0.243 e. The minimum Gasteiger partial charge on any atom is -0.507 e. The maximum atomic E-state index is 9.91. The van der Waals surface area contributed by atoms with Crippen LogP contribution in [0.4, 0.5) is 0 Å². The number of imidazole rings is 1. The molecule has 2 aromatic rings. The second kappa shape index (κ2) is 6.10. The Kier molecular flexibility index (Phi) is 4.43. The number of aliphatic imine (C=N–C) groups is 1. The highest BCUT2D eigenvalue weighted by atomic mass is 16.3. The second-order valence-corrected chi connectivity index (χ2v) is 5.87.